The van der Waals surface area contributed by atoms with Gasteiger partial charge in [-0.15, -0.1) is 0 Å². The standard InChI is InChI=1S/C27H27NO6/c1-5-15(3)25(26(30)31)28-24(29)11-19-16(4)18-10-20-21(17-8-6-14(2)7-9-17)13-33-22(20)12-23(18)34-27(19)32/h6-10,12-13,15,25H,5,11H2,1-4H3,(H,28,29)(H,30,31)/t15-,25-/m1/s1. The summed E-state index contributed by atoms with van der Waals surface area (Å²) >= 11 is 0. The summed E-state index contributed by atoms with van der Waals surface area (Å²) in [5.74, 6) is -1.88. The summed E-state index contributed by atoms with van der Waals surface area (Å²) in [5.41, 5.74) is 4.23. The maximum atomic E-state index is 12.7. The van der Waals surface area contributed by atoms with E-state index in [0.717, 1.165) is 22.1 Å². The molecule has 0 radical (unpaired) electrons. The number of benzene rings is 2. The molecule has 7 nitrogen and oxygen atoms in total. The molecular weight excluding hydrogens is 434 g/mol. The van der Waals surface area contributed by atoms with Crippen molar-refractivity contribution in [2.75, 3.05) is 0 Å². The molecule has 2 N–H and O–H groups in total. The van der Waals surface area contributed by atoms with Crippen LogP contribution in [0.3, 0.4) is 0 Å². The number of aryl methyl sites for hydroxylation is 2. The fourth-order valence-electron chi connectivity index (χ4n) is 4.14. The molecule has 7 heteroatoms. The lowest BCUT2D eigenvalue weighted by Crippen LogP contribution is -2.45. The quantitative estimate of drug-likeness (QED) is 0.376. The van der Waals surface area contributed by atoms with Gasteiger partial charge in [0.1, 0.15) is 17.2 Å². The summed E-state index contributed by atoms with van der Waals surface area (Å²) in [5, 5.41) is 13.6. The van der Waals surface area contributed by atoms with E-state index >= 15 is 0 Å². The van der Waals surface area contributed by atoms with Crippen LogP contribution in [0, 0.1) is 19.8 Å². The fourth-order valence-corrected chi connectivity index (χ4v) is 4.14. The molecule has 0 aliphatic rings. The lowest BCUT2D eigenvalue weighted by molar-refractivity contribution is -0.143. The van der Waals surface area contributed by atoms with Crippen LogP contribution in [0.4, 0.5) is 0 Å². The predicted molar refractivity (Wildman–Crippen MR) is 130 cm³/mol. The third-order valence-electron chi connectivity index (χ3n) is 6.48. The average Bonchev–Trinajstić information content (AvgIpc) is 3.21. The molecule has 2 aromatic carbocycles. The van der Waals surface area contributed by atoms with Gasteiger partial charge in [0.05, 0.1) is 18.2 Å². The van der Waals surface area contributed by atoms with Crippen LogP contribution in [0.25, 0.3) is 33.1 Å². The molecule has 4 rings (SSSR count). The topological polar surface area (TPSA) is 110 Å². The van der Waals surface area contributed by atoms with Gasteiger partial charge in [0.25, 0.3) is 0 Å². The minimum atomic E-state index is -1.10. The minimum absolute atomic E-state index is 0.207. The fraction of sp³-hybridized carbons (Fsp3) is 0.296. The molecule has 0 saturated heterocycles. The van der Waals surface area contributed by atoms with Crippen molar-refractivity contribution in [3.8, 4) is 11.1 Å². The van der Waals surface area contributed by atoms with Crippen LogP contribution >= 0.6 is 0 Å². The molecule has 176 valence electrons. The molecule has 4 aromatic rings. The zero-order valence-corrected chi connectivity index (χ0v) is 19.6. The van der Waals surface area contributed by atoms with Crippen molar-refractivity contribution >= 4 is 33.8 Å². The van der Waals surface area contributed by atoms with Crippen LogP contribution in [-0.4, -0.2) is 23.0 Å². The van der Waals surface area contributed by atoms with Crippen LogP contribution in [0.5, 0.6) is 0 Å². The number of fused-ring (bicyclic) bond motifs is 2. The molecule has 2 heterocycles. The van der Waals surface area contributed by atoms with Crippen molar-refractivity contribution in [1.29, 1.82) is 0 Å². The average molecular weight is 462 g/mol. The highest BCUT2D eigenvalue weighted by Crippen LogP contribution is 2.34. The van der Waals surface area contributed by atoms with Gasteiger partial charge >= 0.3 is 11.6 Å². The largest absolute Gasteiger partial charge is 0.480 e. The van der Waals surface area contributed by atoms with E-state index in [2.05, 4.69) is 5.32 Å². The molecule has 0 saturated carbocycles. The SMILES string of the molecule is CC[C@@H](C)[C@@H](NC(=O)Cc1c(C)c2cc3c(-c4ccc(C)cc4)coc3cc2oc1=O)C(=O)O. The van der Waals surface area contributed by atoms with Crippen molar-refractivity contribution in [2.45, 2.75) is 46.6 Å². The molecule has 2 aromatic heterocycles. The molecule has 0 bridgehead atoms. The van der Waals surface area contributed by atoms with Crippen molar-refractivity contribution in [1.82, 2.24) is 5.32 Å². The van der Waals surface area contributed by atoms with Crippen LogP contribution in [-0.2, 0) is 16.0 Å². The smallest absolute Gasteiger partial charge is 0.340 e. The molecule has 0 fully saturated rings. The number of rotatable bonds is 7. The van der Waals surface area contributed by atoms with Crippen LogP contribution in [0.2, 0.25) is 0 Å². The third kappa shape index (κ3) is 4.33. The highest BCUT2D eigenvalue weighted by Gasteiger charge is 2.26. The van der Waals surface area contributed by atoms with Gasteiger partial charge in [0.2, 0.25) is 5.91 Å². The molecule has 34 heavy (non-hydrogen) atoms. The van der Waals surface area contributed by atoms with E-state index in [0.29, 0.717) is 28.5 Å². The molecule has 0 spiro atoms. The lowest BCUT2D eigenvalue weighted by atomic mass is 9.97. The van der Waals surface area contributed by atoms with Crippen molar-refractivity contribution in [3.63, 3.8) is 0 Å². The Balaban J connectivity index is 1.74. The number of aliphatic carboxylic acids is 1. The number of carbonyl (C=O) groups is 2. The molecule has 1 amide bonds. The van der Waals surface area contributed by atoms with Gasteiger partial charge in [0.15, 0.2) is 0 Å². The zero-order valence-electron chi connectivity index (χ0n) is 19.6. The number of carbonyl (C=O) groups excluding carboxylic acids is 1. The van der Waals surface area contributed by atoms with E-state index < -0.39 is 23.5 Å². The van der Waals surface area contributed by atoms with Gasteiger partial charge in [-0.1, -0.05) is 50.1 Å². The van der Waals surface area contributed by atoms with Gasteiger partial charge in [0, 0.05) is 22.4 Å². The van der Waals surface area contributed by atoms with E-state index in [4.69, 9.17) is 8.83 Å². The lowest BCUT2D eigenvalue weighted by Gasteiger charge is -2.20. The maximum absolute atomic E-state index is 12.7. The van der Waals surface area contributed by atoms with E-state index in [1.54, 1.807) is 26.2 Å². The summed E-state index contributed by atoms with van der Waals surface area (Å²) in [7, 11) is 0. The normalized spacial score (nSPS) is 13.2. The first-order valence-electron chi connectivity index (χ1n) is 11.3. The first-order chi connectivity index (χ1) is 16.2. The van der Waals surface area contributed by atoms with E-state index in [9.17, 15) is 19.5 Å². The molecule has 0 unspecified atom stereocenters. The van der Waals surface area contributed by atoms with E-state index in [1.165, 1.54) is 0 Å². The van der Waals surface area contributed by atoms with Crippen molar-refractivity contribution in [2.24, 2.45) is 5.92 Å². The number of carboxylic acids is 1. The first kappa shape index (κ1) is 23.3. The Labute approximate surface area is 196 Å². The van der Waals surface area contributed by atoms with Gasteiger partial charge in [-0.25, -0.2) is 9.59 Å². The molecular formula is C27H27NO6. The third-order valence-corrected chi connectivity index (χ3v) is 6.48. The summed E-state index contributed by atoms with van der Waals surface area (Å²) in [6.07, 6.45) is 2.01. The monoisotopic (exact) mass is 461 g/mol. The molecule has 0 aliphatic heterocycles. The summed E-state index contributed by atoms with van der Waals surface area (Å²) in [4.78, 5) is 36.9. The number of carboxylic acid groups (broad SMARTS) is 1. The number of furan rings is 1. The Bertz CT molecular complexity index is 1440. The van der Waals surface area contributed by atoms with Gasteiger partial charge in [-0.2, -0.15) is 0 Å². The second-order valence-electron chi connectivity index (χ2n) is 8.80. The Hall–Kier alpha value is -3.87. The first-order valence-corrected chi connectivity index (χ1v) is 11.3. The van der Waals surface area contributed by atoms with Crippen LogP contribution in [0.1, 0.15) is 37.0 Å². The summed E-state index contributed by atoms with van der Waals surface area (Å²) in [6.45, 7) is 7.41. The Morgan fingerprint density at radius 1 is 1.06 bits per heavy atom. The van der Waals surface area contributed by atoms with Gasteiger partial charge < -0.3 is 19.3 Å². The highest BCUT2D eigenvalue weighted by atomic mass is 16.4. The second kappa shape index (κ2) is 9.17. The van der Waals surface area contributed by atoms with Gasteiger partial charge in [-0.05, 0) is 37.0 Å². The van der Waals surface area contributed by atoms with Crippen molar-refractivity contribution in [3.05, 3.63) is 69.8 Å². The zero-order chi connectivity index (χ0) is 24.6. The summed E-state index contributed by atoms with van der Waals surface area (Å²) in [6, 6.07) is 10.7. The maximum Gasteiger partial charge on any atom is 0.340 e. The highest BCUT2D eigenvalue weighted by molar-refractivity contribution is 6.02. The minimum Gasteiger partial charge on any atom is -0.480 e. The van der Waals surface area contributed by atoms with Crippen molar-refractivity contribution < 1.29 is 23.5 Å². The van der Waals surface area contributed by atoms with Crippen LogP contribution < -0.4 is 10.9 Å². The number of hydrogen-bond acceptors (Lipinski definition) is 5. The van der Waals surface area contributed by atoms with Gasteiger partial charge in [-0.3, -0.25) is 4.79 Å². The Kier molecular flexibility index (Phi) is 6.28. The van der Waals surface area contributed by atoms with E-state index in [-0.39, 0.29) is 17.9 Å². The van der Waals surface area contributed by atoms with E-state index in [1.807, 2.05) is 44.2 Å². The number of hydrogen-bond donors (Lipinski definition) is 2. The Morgan fingerprint density at radius 2 is 1.76 bits per heavy atom. The Morgan fingerprint density at radius 3 is 2.41 bits per heavy atom. The molecule has 2 atom stereocenters. The number of nitrogens with one attached hydrogen (secondary N) is 1. The number of amides is 1. The van der Waals surface area contributed by atoms with Crippen LogP contribution in [0.15, 0.2) is 56.3 Å². The molecule has 0 aliphatic carbocycles. The summed E-state index contributed by atoms with van der Waals surface area (Å²) < 4.78 is 11.3. The second-order valence-corrected chi connectivity index (χ2v) is 8.80. The predicted octanol–water partition coefficient (Wildman–Crippen LogP) is 4.98.